The van der Waals surface area contributed by atoms with Crippen LogP contribution in [0.25, 0.3) is 10.9 Å². The first-order chi connectivity index (χ1) is 14.1. The molecule has 0 bridgehead atoms. The van der Waals surface area contributed by atoms with Crippen molar-refractivity contribution in [1.29, 1.82) is 0 Å². The van der Waals surface area contributed by atoms with E-state index in [9.17, 15) is 14.4 Å². The van der Waals surface area contributed by atoms with E-state index in [0.717, 1.165) is 0 Å². The van der Waals surface area contributed by atoms with Crippen molar-refractivity contribution >= 4 is 28.4 Å². The predicted molar refractivity (Wildman–Crippen MR) is 109 cm³/mol. The number of amides is 2. The van der Waals surface area contributed by atoms with Crippen LogP contribution in [0.1, 0.15) is 10.4 Å². The zero-order valence-electron chi connectivity index (χ0n) is 15.9. The van der Waals surface area contributed by atoms with Gasteiger partial charge in [-0.25, -0.2) is 0 Å². The minimum atomic E-state index is -0.617. The third-order valence-corrected chi connectivity index (χ3v) is 4.14. The number of methoxy groups -OCH3 is 1. The molecule has 0 aliphatic carbocycles. The molecule has 1 heterocycles. The van der Waals surface area contributed by atoms with Crippen molar-refractivity contribution in [3.63, 3.8) is 0 Å². The first kappa shape index (κ1) is 20.1. The number of carbonyl (C=O) groups is 2. The molecule has 3 N–H and O–H groups in total. The van der Waals surface area contributed by atoms with Gasteiger partial charge in [0.1, 0.15) is 17.9 Å². The molecule has 0 spiro atoms. The Hall–Kier alpha value is -3.65. The summed E-state index contributed by atoms with van der Waals surface area (Å²) in [6.07, 6.45) is 1.35. The lowest BCUT2D eigenvalue weighted by molar-refractivity contribution is -0.115. The molecular weight excluding hydrogens is 374 g/mol. The lowest BCUT2D eigenvalue weighted by Gasteiger charge is -2.09. The zero-order chi connectivity index (χ0) is 20.6. The summed E-state index contributed by atoms with van der Waals surface area (Å²) in [5.74, 6) is -0.374. The van der Waals surface area contributed by atoms with Crippen molar-refractivity contribution in [3.05, 3.63) is 70.5 Å². The number of fused-ring (bicyclic) bond motifs is 1. The molecule has 2 amide bonds. The van der Waals surface area contributed by atoms with Gasteiger partial charge in [-0.05, 0) is 36.4 Å². The number of aromatic amines is 1. The monoisotopic (exact) mass is 395 g/mol. The number of rotatable bonds is 8. The summed E-state index contributed by atoms with van der Waals surface area (Å²) in [6, 6.07) is 13.7. The number of carbonyl (C=O) groups excluding carboxylic acids is 2. The largest absolute Gasteiger partial charge is 0.491 e. The van der Waals surface area contributed by atoms with E-state index in [4.69, 9.17) is 9.47 Å². The van der Waals surface area contributed by atoms with Crippen LogP contribution in [-0.2, 0) is 9.53 Å². The number of para-hydroxylation sites is 1. The standard InChI is InChI=1S/C21H21N3O5/c1-28-10-11-29-15-8-6-14(7-9-15)24-19(25)13-23-21(27)17-12-22-18-5-3-2-4-16(18)20(17)26/h2-9,12H,10-11,13H2,1H3,(H,22,26)(H,23,27)(H,24,25). The first-order valence-electron chi connectivity index (χ1n) is 8.99. The van der Waals surface area contributed by atoms with E-state index in [0.29, 0.717) is 35.6 Å². The van der Waals surface area contributed by atoms with Crippen molar-refractivity contribution in [2.24, 2.45) is 0 Å². The molecule has 3 rings (SSSR count). The Bertz CT molecular complexity index is 1060. The highest BCUT2D eigenvalue weighted by Crippen LogP contribution is 2.15. The summed E-state index contributed by atoms with van der Waals surface area (Å²) < 4.78 is 10.4. The fourth-order valence-electron chi connectivity index (χ4n) is 2.67. The number of aromatic nitrogens is 1. The SMILES string of the molecule is COCCOc1ccc(NC(=O)CNC(=O)c2c[nH]c3ccccc3c2=O)cc1. The van der Waals surface area contributed by atoms with Gasteiger partial charge in [-0.2, -0.15) is 0 Å². The normalized spacial score (nSPS) is 10.5. The lowest BCUT2D eigenvalue weighted by atomic mass is 10.1. The number of anilines is 1. The third-order valence-electron chi connectivity index (χ3n) is 4.14. The molecule has 0 saturated carbocycles. The van der Waals surface area contributed by atoms with Crippen LogP contribution in [0.15, 0.2) is 59.5 Å². The van der Waals surface area contributed by atoms with Crippen LogP contribution < -0.4 is 20.8 Å². The van der Waals surface area contributed by atoms with Crippen LogP contribution in [-0.4, -0.2) is 43.7 Å². The van der Waals surface area contributed by atoms with E-state index in [1.807, 2.05) is 0 Å². The minimum absolute atomic E-state index is 0.0472. The summed E-state index contributed by atoms with van der Waals surface area (Å²) in [5.41, 5.74) is 0.767. The second-order valence-electron chi connectivity index (χ2n) is 6.17. The minimum Gasteiger partial charge on any atom is -0.491 e. The highest BCUT2D eigenvalue weighted by atomic mass is 16.5. The summed E-state index contributed by atoms with van der Waals surface area (Å²) in [5, 5.41) is 5.54. The number of ether oxygens (including phenoxy) is 2. The van der Waals surface area contributed by atoms with E-state index in [1.54, 1.807) is 55.6 Å². The molecule has 8 heteroatoms. The van der Waals surface area contributed by atoms with E-state index in [-0.39, 0.29) is 17.5 Å². The van der Waals surface area contributed by atoms with E-state index >= 15 is 0 Å². The average molecular weight is 395 g/mol. The number of benzene rings is 2. The molecular formula is C21H21N3O5. The van der Waals surface area contributed by atoms with Crippen LogP contribution in [0, 0.1) is 0 Å². The van der Waals surface area contributed by atoms with Crippen LogP contribution in [0.5, 0.6) is 5.75 Å². The van der Waals surface area contributed by atoms with Crippen LogP contribution in [0.2, 0.25) is 0 Å². The Morgan fingerprint density at radius 1 is 1.03 bits per heavy atom. The van der Waals surface area contributed by atoms with Gasteiger partial charge in [-0.15, -0.1) is 0 Å². The van der Waals surface area contributed by atoms with Gasteiger partial charge in [0.05, 0.1) is 13.2 Å². The molecule has 1 aromatic heterocycles. The fraction of sp³-hybridized carbons (Fsp3) is 0.190. The van der Waals surface area contributed by atoms with Crippen molar-refractivity contribution < 1.29 is 19.1 Å². The van der Waals surface area contributed by atoms with Gasteiger partial charge in [0.2, 0.25) is 11.3 Å². The summed E-state index contributed by atoms with van der Waals surface area (Å²) >= 11 is 0. The second-order valence-corrected chi connectivity index (χ2v) is 6.17. The first-order valence-corrected chi connectivity index (χ1v) is 8.99. The van der Waals surface area contributed by atoms with E-state index < -0.39 is 11.8 Å². The Kier molecular flexibility index (Phi) is 6.59. The Balaban J connectivity index is 1.55. The molecule has 0 aliphatic rings. The Morgan fingerprint density at radius 3 is 2.55 bits per heavy atom. The molecule has 29 heavy (non-hydrogen) atoms. The van der Waals surface area contributed by atoms with Crippen molar-refractivity contribution in [2.45, 2.75) is 0 Å². The van der Waals surface area contributed by atoms with Gasteiger partial charge in [-0.3, -0.25) is 14.4 Å². The zero-order valence-corrected chi connectivity index (χ0v) is 15.9. The summed E-state index contributed by atoms with van der Waals surface area (Å²) in [4.78, 5) is 39.7. The molecule has 0 radical (unpaired) electrons. The quantitative estimate of drug-likeness (QED) is 0.505. The maximum absolute atomic E-state index is 12.4. The number of H-pyrrole nitrogens is 1. The van der Waals surface area contributed by atoms with Gasteiger partial charge in [-0.1, -0.05) is 12.1 Å². The highest BCUT2D eigenvalue weighted by Gasteiger charge is 2.14. The molecule has 0 atom stereocenters. The maximum atomic E-state index is 12.4. The van der Waals surface area contributed by atoms with Crippen molar-refractivity contribution in [1.82, 2.24) is 10.3 Å². The number of hydrogen-bond donors (Lipinski definition) is 3. The third kappa shape index (κ3) is 5.20. The topological polar surface area (TPSA) is 110 Å². The van der Waals surface area contributed by atoms with Gasteiger partial charge in [0, 0.05) is 29.9 Å². The number of hydrogen-bond acceptors (Lipinski definition) is 5. The predicted octanol–water partition coefficient (Wildman–Crippen LogP) is 1.92. The molecule has 8 nitrogen and oxygen atoms in total. The lowest BCUT2D eigenvalue weighted by Crippen LogP contribution is -2.35. The van der Waals surface area contributed by atoms with Crippen LogP contribution in [0.4, 0.5) is 5.69 Å². The molecule has 0 fully saturated rings. The van der Waals surface area contributed by atoms with Gasteiger partial charge >= 0.3 is 0 Å². The fourth-order valence-corrected chi connectivity index (χ4v) is 2.67. The smallest absolute Gasteiger partial charge is 0.257 e. The van der Waals surface area contributed by atoms with Gasteiger partial charge in [0.25, 0.3) is 5.91 Å². The van der Waals surface area contributed by atoms with Gasteiger partial charge < -0.3 is 25.1 Å². The molecule has 0 unspecified atom stereocenters. The Labute approximate surface area is 166 Å². The van der Waals surface area contributed by atoms with E-state index in [1.165, 1.54) is 6.20 Å². The van der Waals surface area contributed by atoms with Gasteiger partial charge in [0.15, 0.2) is 0 Å². The molecule has 0 saturated heterocycles. The Morgan fingerprint density at radius 2 is 1.79 bits per heavy atom. The molecule has 150 valence electrons. The van der Waals surface area contributed by atoms with Crippen molar-refractivity contribution in [2.75, 3.05) is 32.2 Å². The van der Waals surface area contributed by atoms with Crippen LogP contribution in [0.3, 0.4) is 0 Å². The average Bonchev–Trinajstić information content (AvgIpc) is 2.74. The van der Waals surface area contributed by atoms with E-state index in [2.05, 4.69) is 15.6 Å². The number of pyridine rings is 1. The summed E-state index contributed by atoms with van der Waals surface area (Å²) in [6.45, 7) is 0.650. The van der Waals surface area contributed by atoms with Crippen LogP contribution >= 0.6 is 0 Å². The highest BCUT2D eigenvalue weighted by molar-refractivity contribution is 6.00. The summed E-state index contributed by atoms with van der Waals surface area (Å²) in [7, 11) is 1.59. The molecule has 3 aromatic rings. The maximum Gasteiger partial charge on any atom is 0.257 e. The van der Waals surface area contributed by atoms with Crippen molar-refractivity contribution in [3.8, 4) is 5.75 Å². The second kappa shape index (κ2) is 9.52. The molecule has 0 aliphatic heterocycles. The number of nitrogens with one attached hydrogen (secondary N) is 3. The molecule has 2 aromatic carbocycles.